The van der Waals surface area contributed by atoms with Gasteiger partial charge in [-0.2, -0.15) is 0 Å². The van der Waals surface area contributed by atoms with E-state index in [0.717, 1.165) is 39.4 Å². The molecule has 1 N–H and O–H groups in total. The molecule has 0 amide bonds. The van der Waals surface area contributed by atoms with E-state index in [4.69, 9.17) is 4.74 Å². The van der Waals surface area contributed by atoms with Crippen LogP contribution in [0.2, 0.25) is 0 Å². The van der Waals surface area contributed by atoms with Gasteiger partial charge in [-0.25, -0.2) is 0 Å². The minimum Gasteiger partial charge on any atom is -0.379 e. The first kappa shape index (κ1) is 14.9. The van der Waals surface area contributed by atoms with Gasteiger partial charge in [-0.15, -0.1) is 0 Å². The Bertz CT molecular complexity index is 207. The summed E-state index contributed by atoms with van der Waals surface area (Å²) < 4.78 is 5.65. The van der Waals surface area contributed by atoms with Gasteiger partial charge >= 0.3 is 0 Å². The van der Waals surface area contributed by atoms with E-state index in [9.17, 15) is 0 Å². The summed E-state index contributed by atoms with van der Waals surface area (Å²) in [5, 5.41) is 3.58. The molecule has 0 saturated carbocycles. The molecule has 0 spiro atoms. The van der Waals surface area contributed by atoms with Gasteiger partial charge in [0.25, 0.3) is 0 Å². The summed E-state index contributed by atoms with van der Waals surface area (Å²) in [6.07, 6.45) is 1.24. The summed E-state index contributed by atoms with van der Waals surface area (Å²) in [6.45, 7) is 11.7. The van der Waals surface area contributed by atoms with Crippen LogP contribution in [0.3, 0.4) is 0 Å². The van der Waals surface area contributed by atoms with E-state index in [1.54, 1.807) is 0 Å². The molecule has 0 aromatic carbocycles. The van der Waals surface area contributed by atoms with Crippen LogP contribution in [-0.2, 0) is 4.74 Å². The van der Waals surface area contributed by atoms with E-state index in [-0.39, 0.29) is 5.54 Å². The Labute approximate surface area is 106 Å². The van der Waals surface area contributed by atoms with Gasteiger partial charge in [-0.05, 0) is 47.5 Å². The van der Waals surface area contributed by atoms with Crippen molar-refractivity contribution in [1.82, 2.24) is 15.1 Å². The van der Waals surface area contributed by atoms with Crippen molar-refractivity contribution in [1.29, 1.82) is 0 Å². The molecule has 0 bridgehead atoms. The molecule has 0 aromatic rings. The molecule has 0 radical (unpaired) electrons. The third-order valence-corrected chi connectivity index (χ3v) is 3.11. The summed E-state index contributed by atoms with van der Waals surface area (Å²) in [5.41, 5.74) is 0.236. The Kier molecular flexibility index (Phi) is 6.41. The van der Waals surface area contributed by atoms with Crippen LogP contribution in [0.5, 0.6) is 0 Å². The standard InChI is InChI=1S/C13H29N3O/c1-13(2)12-16(7-5-6-14-13)9-11-17-10-8-15(3)4/h14H,5-12H2,1-4H3. The SMILES string of the molecule is CN(C)CCOCCN1CCCNC(C)(C)C1. The lowest BCUT2D eigenvalue weighted by Gasteiger charge is -2.29. The number of rotatable bonds is 6. The predicted molar refractivity (Wildman–Crippen MR) is 72.5 cm³/mol. The fraction of sp³-hybridized carbons (Fsp3) is 1.00. The van der Waals surface area contributed by atoms with Crippen molar-refractivity contribution in [3.8, 4) is 0 Å². The van der Waals surface area contributed by atoms with Crippen molar-refractivity contribution >= 4 is 0 Å². The first-order valence-corrected chi connectivity index (χ1v) is 6.69. The number of likely N-dealkylation sites (N-methyl/N-ethyl adjacent to an activating group) is 1. The van der Waals surface area contributed by atoms with Gasteiger partial charge in [-0.1, -0.05) is 0 Å². The Morgan fingerprint density at radius 2 is 2.06 bits per heavy atom. The van der Waals surface area contributed by atoms with Crippen LogP contribution >= 0.6 is 0 Å². The molecule has 0 atom stereocenters. The number of hydrogen-bond acceptors (Lipinski definition) is 4. The lowest BCUT2D eigenvalue weighted by atomic mass is 10.1. The highest BCUT2D eigenvalue weighted by Gasteiger charge is 2.23. The lowest BCUT2D eigenvalue weighted by Crippen LogP contribution is -2.47. The Hall–Kier alpha value is -0.160. The summed E-state index contributed by atoms with van der Waals surface area (Å²) in [5.74, 6) is 0. The molecule has 1 saturated heterocycles. The maximum absolute atomic E-state index is 5.65. The average molecular weight is 243 g/mol. The Morgan fingerprint density at radius 1 is 1.29 bits per heavy atom. The van der Waals surface area contributed by atoms with Crippen LogP contribution in [-0.4, -0.2) is 75.4 Å². The second-order valence-electron chi connectivity index (χ2n) is 5.86. The molecule has 17 heavy (non-hydrogen) atoms. The van der Waals surface area contributed by atoms with Crippen molar-refractivity contribution in [2.24, 2.45) is 0 Å². The van der Waals surface area contributed by atoms with Gasteiger partial charge in [-0.3, -0.25) is 4.90 Å². The molecule has 1 heterocycles. The molecule has 0 aliphatic carbocycles. The largest absolute Gasteiger partial charge is 0.379 e. The minimum absolute atomic E-state index is 0.236. The minimum atomic E-state index is 0.236. The zero-order chi connectivity index (χ0) is 12.7. The highest BCUT2D eigenvalue weighted by molar-refractivity contribution is 4.84. The fourth-order valence-corrected chi connectivity index (χ4v) is 2.16. The molecule has 1 aliphatic rings. The van der Waals surface area contributed by atoms with Gasteiger partial charge in [0.1, 0.15) is 0 Å². The van der Waals surface area contributed by atoms with Crippen molar-refractivity contribution in [3.63, 3.8) is 0 Å². The normalized spacial score (nSPS) is 21.7. The van der Waals surface area contributed by atoms with E-state index in [1.807, 2.05) is 0 Å². The van der Waals surface area contributed by atoms with Crippen molar-refractivity contribution in [2.45, 2.75) is 25.8 Å². The Morgan fingerprint density at radius 3 is 2.76 bits per heavy atom. The molecule has 1 fully saturated rings. The van der Waals surface area contributed by atoms with Crippen LogP contribution in [0.1, 0.15) is 20.3 Å². The fourth-order valence-electron chi connectivity index (χ4n) is 2.16. The molecular formula is C13H29N3O. The predicted octanol–water partition coefficient (Wildman–Crippen LogP) is 0.639. The molecule has 1 aliphatic heterocycles. The van der Waals surface area contributed by atoms with E-state index in [2.05, 4.69) is 43.1 Å². The number of hydrogen-bond donors (Lipinski definition) is 1. The summed E-state index contributed by atoms with van der Waals surface area (Å²) >= 11 is 0. The summed E-state index contributed by atoms with van der Waals surface area (Å²) in [4.78, 5) is 4.66. The van der Waals surface area contributed by atoms with Crippen LogP contribution in [0.4, 0.5) is 0 Å². The Balaban J connectivity index is 2.13. The van der Waals surface area contributed by atoms with Gasteiger partial charge in [0.15, 0.2) is 0 Å². The molecule has 1 rings (SSSR count). The molecule has 4 nitrogen and oxygen atoms in total. The smallest absolute Gasteiger partial charge is 0.0594 e. The number of ether oxygens (including phenoxy) is 1. The van der Waals surface area contributed by atoms with Crippen LogP contribution in [0.15, 0.2) is 0 Å². The molecule has 102 valence electrons. The highest BCUT2D eigenvalue weighted by Crippen LogP contribution is 2.09. The van der Waals surface area contributed by atoms with Crippen LogP contribution < -0.4 is 5.32 Å². The molecule has 0 unspecified atom stereocenters. The second-order valence-corrected chi connectivity index (χ2v) is 5.86. The first-order chi connectivity index (χ1) is 7.99. The van der Waals surface area contributed by atoms with Gasteiger partial charge in [0, 0.05) is 25.2 Å². The molecular weight excluding hydrogens is 214 g/mol. The monoisotopic (exact) mass is 243 g/mol. The zero-order valence-electron chi connectivity index (χ0n) is 12.0. The maximum Gasteiger partial charge on any atom is 0.0594 e. The molecule has 0 aromatic heterocycles. The second kappa shape index (κ2) is 7.31. The van der Waals surface area contributed by atoms with Gasteiger partial charge in [0.05, 0.1) is 13.2 Å². The topological polar surface area (TPSA) is 27.7 Å². The van der Waals surface area contributed by atoms with Gasteiger partial charge < -0.3 is 15.0 Å². The zero-order valence-corrected chi connectivity index (χ0v) is 12.0. The first-order valence-electron chi connectivity index (χ1n) is 6.69. The highest BCUT2D eigenvalue weighted by atomic mass is 16.5. The van der Waals surface area contributed by atoms with E-state index in [0.29, 0.717) is 0 Å². The van der Waals surface area contributed by atoms with Crippen LogP contribution in [0.25, 0.3) is 0 Å². The summed E-state index contributed by atoms with van der Waals surface area (Å²) in [6, 6.07) is 0. The third-order valence-electron chi connectivity index (χ3n) is 3.11. The maximum atomic E-state index is 5.65. The number of nitrogens with zero attached hydrogens (tertiary/aromatic N) is 2. The summed E-state index contributed by atoms with van der Waals surface area (Å²) in [7, 11) is 4.15. The van der Waals surface area contributed by atoms with E-state index in [1.165, 1.54) is 13.0 Å². The van der Waals surface area contributed by atoms with E-state index < -0.39 is 0 Å². The quantitative estimate of drug-likeness (QED) is 0.693. The van der Waals surface area contributed by atoms with Crippen LogP contribution in [0, 0.1) is 0 Å². The van der Waals surface area contributed by atoms with Gasteiger partial charge in [0.2, 0.25) is 0 Å². The number of nitrogens with one attached hydrogen (secondary N) is 1. The average Bonchev–Trinajstić information content (AvgIpc) is 2.38. The van der Waals surface area contributed by atoms with Crippen molar-refractivity contribution in [2.75, 3.05) is 60.0 Å². The van der Waals surface area contributed by atoms with Crippen molar-refractivity contribution in [3.05, 3.63) is 0 Å². The lowest BCUT2D eigenvalue weighted by molar-refractivity contribution is 0.0884. The molecule has 4 heteroatoms. The van der Waals surface area contributed by atoms with Crippen molar-refractivity contribution < 1.29 is 4.74 Å². The third kappa shape index (κ3) is 6.99. The van der Waals surface area contributed by atoms with E-state index >= 15 is 0 Å².